The first-order chi connectivity index (χ1) is 19.6. The first-order valence-corrected chi connectivity index (χ1v) is 14.3. The Morgan fingerprint density at radius 1 is 1.12 bits per heavy atom. The third-order valence-electron chi connectivity index (χ3n) is 7.20. The molecule has 0 saturated heterocycles. The van der Waals surface area contributed by atoms with E-state index in [1.165, 1.54) is 0 Å². The standard InChI is InChI=1S/C31H46N4O6/c1-21-18-35(22(2)20-36)30(37)27-17-25(33-31(38)32-24-10-13-26(39-6)14-11-24)12-15-28(27)41-23(3)9-7-8-16-40-29(21)19-34(4)5/h10-15,17,21-23,29,36H,7-9,16,18-20H2,1-6H3,(H2,32,33,38)/t21-,22+,23-,29-/m1/s1. The van der Waals surface area contributed by atoms with Crippen LogP contribution in [0.25, 0.3) is 0 Å². The molecule has 3 rings (SSSR count). The summed E-state index contributed by atoms with van der Waals surface area (Å²) < 4.78 is 17.7. The summed E-state index contributed by atoms with van der Waals surface area (Å²) in [4.78, 5) is 30.7. The van der Waals surface area contributed by atoms with Gasteiger partial charge in [0, 0.05) is 37.0 Å². The Labute approximate surface area is 243 Å². The van der Waals surface area contributed by atoms with E-state index in [0.29, 0.717) is 41.6 Å². The molecule has 2 aromatic carbocycles. The second-order valence-electron chi connectivity index (χ2n) is 11.1. The van der Waals surface area contributed by atoms with E-state index in [2.05, 4.69) is 22.5 Å². The fraction of sp³-hybridized carbons (Fsp3) is 0.548. The van der Waals surface area contributed by atoms with Crippen molar-refractivity contribution in [2.24, 2.45) is 5.92 Å². The van der Waals surface area contributed by atoms with Crippen LogP contribution in [-0.4, -0.2) is 92.6 Å². The lowest BCUT2D eigenvalue weighted by molar-refractivity contribution is -0.0137. The molecule has 2 aromatic rings. The van der Waals surface area contributed by atoms with Crippen molar-refractivity contribution in [3.8, 4) is 11.5 Å². The first kappa shape index (κ1) is 32.2. The maximum Gasteiger partial charge on any atom is 0.323 e. The molecule has 226 valence electrons. The van der Waals surface area contributed by atoms with Gasteiger partial charge in [-0.2, -0.15) is 0 Å². The molecular formula is C31H46N4O6. The minimum Gasteiger partial charge on any atom is -0.497 e. The Balaban J connectivity index is 1.91. The number of ether oxygens (including phenoxy) is 3. The number of amides is 3. The maximum absolute atomic E-state index is 14.1. The van der Waals surface area contributed by atoms with E-state index < -0.39 is 12.1 Å². The normalized spacial score (nSPS) is 21.3. The zero-order valence-electron chi connectivity index (χ0n) is 25.2. The van der Waals surface area contributed by atoms with Crippen LogP contribution in [0.2, 0.25) is 0 Å². The van der Waals surface area contributed by atoms with Crippen molar-refractivity contribution in [2.45, 2.75) is 58.3 Å². The molecule has 0 fully saturated rings. The highest BCUT2D eigenvalue weighted by Gasteiger charge is 2.30. The summed E-state index contributed by atoms with van der Waals surface area (Å²) in [6.45, 7) is 7.46. The molecule has 0 spiro atoms. The molecule has 0 aliphatic carbocycles. The van der Waals surface area contributed by atoms with Crippen molar-refractivity contribution in [1.29, 1.82) is 0 Å². The number of fused-ring (bicyclic) bond motifs is 1. The van der Waals surface area contributed by atoms with Gasteiger partial charge in [0.2, 0.25) is 0 Å². The van der Waals surface area contributed by atoms with Crippen LogP contribution in [0.4, 0.5) is 16.2 Å². The zero-order valence-corrected chi connectivity index (χ0v) is 25.2. The van der Waals surface area contributed by atoms with Gasteiger partial charge in [-0.25, -0.2) is 4.79 Å². The summed E-state index contributed by atoms with van der Waals surface area (Å²) >= 11 is 0. The van der Waals surface area contributed by atoms with Crippen LogP contribution in [0.3, 0.4) is 0 Å². The molecule has 0 unspecified atom stereocenters. The highest BCUT2D eigenvalue weighted by molar-refractivity contribution is 6.02. The van der Waals surface area contributed by atoms with E-state index in [1.807, 2.05) is 27.9 Å². The number of nitrogens with one attached hydrogen (secondary N) is 2. The molecule has 1 aliphatic rings. The summed E-state index contributed by atoms with van der Waals surface area (Å²) in [7, 11) is 5.60. The van der Waals surface area contributed by atoms with Gasteiger partial charge >= 0.3 is 6.03 Å². The number of aliphatic hydroxyl groups excluding tert-OH is 1. The van der Waals surface area contributed by atoms with E-state index in [4.69, 9.17) is 14.2 Å². The van der Waals surface area contributed by atoms with Gasteiger partial charge in [-0.15, -0.1) is 0 Å². The number of anilines is 2. The number of methoxy groups -OCH3 is 1. The lowest BCUT2D eigenvalue weighted by Crippen LogP contribution is -2.47. The van der Waals surface area contributed by atoms with Gasteiger partial charge in [0.1, 0.15) is 11.5 Å². The summed E-state index contributed by atoms with van der Waals surface area (Å²) in [5.74, 6) is 0.869. The molecule has 0 saturated carbocycles. The van der Waals surface area contributed by atoms with Gasteiger partial charge in [0.15, 0.2) is 0 Å². The van der Waals surface area contributed by atoms with Crippen molar-refractivity contribution in [3.63, 3.8) is 0 Å². The zero-order chi connectivity index (χ0) is 29.9. The number of benzene rings is 2. The number of carbonyl (C=O) groups is 2. The van der Waals surface area contributed by atoms with E-state index >= 15 is 0 Å². The molecule has 0 bridgehead atoms. The van der Waals surface area contributed by atoms with E-state index in [9.17, 15) is 14.7 Å². The van der Waals surface area contributed by atoms with Gasteiger partial charge in [0.25, 0.3) is 5.91 Å². The third kappa shape index (κ3) is 9.62. The number of hydrogen-bond acceptors (Lipinski definition) is 7. The predicted octanol–water partition coefficient (Wildman–Crippen LogP) is 4.70. The lowest BCUT2D eigenvalue weighted by atomic mass is 10.0. The number of nitrogens with zero attached hydrogens (tertiary/aromatic N) is 2. The van der Waals surface area contributed by atoms with E-state index in [0.717, 1.165) is 25.8 Å². The second-order valence-corrected chi connectivity index (χ2v) is 11.1. The van der Waals surface area contributed by atoms with Crippen LogP contribution in [0.5, 0.6) is 11.5 Å². The average Bonchev–Trinajstić information content (AvgIpc) is 2.94. The minimum absolute atomic E-state index is 0.0122. The Morgan fingerprint density at radius 3 is 2.46 bits per heavy atom. The smallest absolute Gasteiger partial charge is 0.323 e. The lowest BCUT2D eigenvalue weighted by Gasteiger charge is -2.35. The van der Waals surface area contributed by atoms with Gasteiger partial charge < -0.3 is 39.8 Å². The Morgan fingerprint density at radius 2 is 1.80 bits per heavy atom. The molecular weight excluding hydrogens is 524 g/mol. The number of likely N-dealkylation sites (N-methyl/N-ethyl adjacent to an activating group) is 1. The molecule has 10 nitrogen and oxygen atoms in total. The number of hydrogen-bond donors (Lipinski definition) is 3. The van der Waals surface area contributed by atoms with Crippen molar-refractivity contribution >= 4 is 23.3 Å². The fourth-order valence-electron chi connectivity index (χ4n) is 4.79. The second kappa shape index (κ2) is 15.6. The molecule has 41 heavy (non-hydrogen) atoms. The average molecular weight is 571 g/mol. The Hall–Kier alpha value is -3.34. The fourth-order valence-corrected chi connectivity index (χ4v) is 4.79. The van der Waals surface area contributed by atoms with Crippen molar-refractivity contribution in [2.75, 3.05) is 58.1 Å². The SMILES string of the molecule is COc1ccc(NC(=O)Nc2ccc3c(c2)C(=O)N([C@@H](C)CO)C[C@@H](C)[C@@H](CN(C)C)OCCCC[C@@H](C)O3)cc1. The molecule has 1 aliphatic heterocycles. The van der Waals surface area contributed by atoms with Gasteiger partial charge in [-0.3, -0.25) is 4.79 Å². The van der Waals surface area contributed by atoms with E-state index in [-0.39, 0.29) is 30.6 Å². The third-order valence-corrected chi connectivity index (χ3v) is 7.20. The summed E-state index contributed by atoms with van der Waals surface area (Å²) in [5.41, 5.74) is 1.37. The quantitative estimate of drug-likeness (QED) is 0.443. The molecule has 3 amide bonds. The highest BCUT2D eigenvalue weighted by Crippen LogP contribution is 2.28. The van der Waals surface area contributed by atoms with Gasteiger partial charge in [0.05, 0.1) is 37.5 Å². The Bertz CT molecular complexity index is 1130. The van der Waals surface area contributed by atoms with Crippen LogP contribution in [-0.2, 0) is 4.74 Å². The molecule has 0 aromatic heterocycles. The minimum atomic E-state index is -0.448. The highest BCUT2D eigenvalue weighted by atomic mass is 16.5. The summed E-state index contributed by atoms with van der Waals surface area (Å²) in [6.07, 6.45) is 2.47. The molecule has 1 heterocycles. The molecule has 0 radical (unpaired) electrons. The Kier molecular flexibility index (Phi) is 12.2. The monoisotopic (exact) mass is 570 g/mol. The number of aliphatic hydroxyl groups is 1. The number of carbonyl (C=O) groups excluding carboxylic acids is 2. The predicted molar refractivity (Wildman–Crippen MR) is 161 cm³/mol. The summed E-state index contributed by atoms with van der Waals surface area (Å²) in [5, 5.41) is 15.7. The molecule has 3 N–H and O–H groups in total. The van der Waals surface area contributed by atoms with Crippen molar-refractivity contribution in [3.05, 3.63) is 48.0 Å². The number of urea groups is 1. The van der Waals surface area contributed by atoms with Crippen LogP contribution < -0.4 is 20.1 Å². The van der Waals surface area contributed by atoms with E-state index in [1.54, 1.807) is 54.5 Å². The summed E-state index contributed by atoms with van der Waals surface area (Å²) in [6, 6.07) is 11.2. The van der Waals surface area contributed by atoms with Crippen LogP contribution in [0.1, 0.15) is 50.4 Å². The van der Waals surface area contributed by atoms with Crippen molar-refractivity contribution < 1.29 is 28.9 Å². The van der Waals surface area contributed by atoms with Crippen molar-refractivity contribution in [1.82, 2.24) is 9.80 Å². The maximum atomic E-state index is 14.1. The molecule has 4 atom stereocenters. The number of rotatable bonds is 7. The van der Waals surface area contributed by atoms with Gasteiger partial charge in [-0.1, -0.05) is 6.92 Å². The van der Waals surface area contributed by atoms with Gasteiger partial charge in [-0.05, 0) is 89.7 Å². The molecule has 10 heteroatoms. The van der Waals surface area contributed by atoms with Crippen LogP contribution in [0.15, 0.2) is 42.5 Å². The van der Waals surface area contributed by atoms with Crippen LogP contribution >= 0.6 is 0 Å². The van der Waals surface area contributed by atoms with Crippen LogP contribution in [0, 0.1) is 5.92 Å². The first-order valence-electron chi connectivity index (χ1n) is 14.3. The largest absolute Gasteiger partial charge is 0.497 e. The topological polar surface area (TPSA) is 113 Å².